The first-order valence-electron chi connectivity index (χ1n) is 19.2. The number of nitrogens with zero attached hydrogens (tertiary/aromatic N) is 2. The highest BCUT2D eigenvalue weighted by Crippen LogP contribution is 2.47. The molecule has 0 amide bonds. The van der Waals surface area contributed by atoms with Crippen molar-refractivity contribution >= 4 is 38.9 Å². The maximum atomic E-state index is 2.45. The number of para-hydroxylation sites is 5. The van der Waals surface area contributed by atoms with Gasteiger partial charge in [-0.05, 0) is 81.4 Å². The van der Waals surface area contributed by atoms with Crippen LogP contribution in [-0.2, 0) is 0 Å². The Hall–Kier alpha value is -7.42. The van der Waals surface area contributed by atoms with Crippen molar-refractivity contribution in [1.82, 2.24) is 4.57 Å². The predicted octanol–water partition coefficient (Wildman–Crippen LogP) is 14.9. The average Bonchev–Trinajstić information content (AvgIpc) is 3.62. The van der Waals surface area contributed by atoms with E-state index in [0.29, 0.717) is 0 Å². The molecule has 10 rings (SSSR count). The molecule has 0 saturated carbocycles. The molecule has 0 unspecified atom stereocenters. The molecule has 0 radical (unpaired) electrons. The molecule has 10 aromatic rings. The van der Waals surface area contributed by atoms with Crippen LogP contribution < -0.4 is 4.90 Å². The molecule has 0 atom stereocenters. The fourth-order valence-corrected chi connectivity index (χ4v) is 8.30. The zero-order valence-electron chi connectivity index (χ0n) is 30.8. The van der Waals surface area contributed by atoms with E-state index in [1.165, 1.54) is 60.8 Å². The zero-order chi connectivity index (χ0) is 37.3. The molecule has 1 aromatic heterocycles. The van der Waals surface area contributed by atoms with Gasteiger partial charge < -0.3 is 9.47 Å². The van der Waals surface area contributed by atoms with E-state index in [2.05, 4.69) is 240 Å². The summed E-state index contributed by atoms with van der Waals surface area (Å²) in [5, 5.41) is 2.48. The van der Waals surface area contributed by atoms with Crippen LogP contribution in [0.2, 0.25) is 0 Å². The molecule has 9 aromatic carbocycles. The molecule has 2 nitrogen and oxygen atoms in total. The fourth-order valence-electron chi connectivity index (χ4n) is 8.30. The van der Waals surface area contributed by atoms with E-state index in [1.54, 1.807) is 0 Å². The highest BCUT2D eigenvalue weighted by Gasteiger charge is 2.24. The summed E-state index contributed by atoms with van der Waals surface area (Å²) in [7, 11) is 0. The largest absolute Gasteiger partial charge is 0.308 e. The van der Waals surface area contributed by atoms with Crippen LogP contribution in [0.1, 0.15) is 0 Å². The molecule has 264 valence electrons. The van der Waals surface area contributed by atoms with Crippen LogP contribution in [0.15, 0.2) is 231 Å². The van der Waals surface area contributed by atoms with Crippen LogP contribution in [0.25, 0.3) is 72.0 Å². The van der Waals surface area contributed by atoms with Gasteiger partial charge in [-0.1, -0.05) is 188 Å². The topological polar surface area (TPSA) is 8.17 Å². The maximum Gasteiger partial charge on any atom is 0.0702 e. The van der Waals surface area contributed by atoms with Gasteiger partial charge in [0.25, 0.3) is 0 Å². The molecular weight excluding hydrogens is 677 g/mol. The minimum absolute atomic E-state index is 1.08. The first-order valence-corrected chi connectivity index (χ1v) is 19.2. The van der Waals surface area contributed by atoms with Crippen LogP contribution in [0.4, 0.5) is 17.1 Å². The zero-order valence-corrected chi connectivity index (χ0v) is 30.8. The Morgan fingerprint density at radius 2 is 0.679 bits per heavy atom. The summed E-state index contributed by atoms with van der Waals surface area (Å²) in [6.07, 6.45) is 0. The third-order valence-electron chi connectivity index (χ3n) is 10.8. The third kappa shape index (κ3) is 5.85. The minimum atomic E-state index is 1.08. The lowest BCUT2D eigenvalue weighted by atomic mass is 9.88. The van der Waals surface area contributed by atoms with Gasteiger partial charge in [0.15, 0.2) is 0 Å². The standard InChI is InChI=1S/C54H38N2/c1-3-19-39(20-4-1)40-35-37-42(38-36-40)55(53-33-17-18-34-54(53)56-51-31-15-12-28-48(51)49-29-13-16-32-52(49)56)50-30-14-11-27-47(50)46-26-10-9-25-45(46)44-24-8-7-23-43(44)41-21-5-2-6-22-41/h1-38H. The Bertz CT molecular complexity index is 2910. The molecule has 0 N–H and O–H groups in total. The number of rotatable bonds is 8. The van der Waals surface area contributed by atoms with E-state index >= 15 is 0 Å². The van der Waals surface area contributed by atoms with Crippen molar-refractivity contribution in [2.24, 2.45) is 0 Å². The van der Waals surface area contributed by atoms with Gasteiger partial charge in [0.1, 0.15) is 0 Å². The molecule has 56 heavy (non-hydrogen) atoms. The van der Waals surface area contributed by atoms with Crippen LogP contribution in [0.3, 0.4) is 0 Å². The SMILES string of the molecule is c1ccc(-c2ccc(N(c3ccccc3-c3ccccc3-c3ccccc3-c3ccccc3)c3ccccc3-n3c4ccccc4c4ccccc43)cc2)cc1. The summed E-state index contributed by atoms with van der Waals surface area (Å²) in [4.78, 5) is 2.45. The lowest BCUT2D eigenvalue weighted by molar-refractivity contribution is 1.15. The summed E-state index contributed by atoms with van der Waals surface area (Å²) in [6.45, 7) is 0. The molecule has 0 saturated heterocycles. The summed E-state index contributed by atoms with van der Waals surface area (Å²) in [6, 6.07) is 83.1. The van der Waals surface area contributed by atoms with Crippen LogP contribution in [0.5, 0.6) is 0 Å². The van der Waals surface area contributed by atoms with Crippen LogP contribution in [-0.4, -0.2) is 4.57 Å². The third-order valence-corrected chi connectivity index (χ3v) is 10.8. The Labute approximate surface area is 327 Å². The van der Waals surface area contributed by atoms with E-state index in [4.69, 9.17) is 0 Å². The fraction of sp³-hybridized carbons (Fsp3) is 0. The maximum absolute atomic E-state index is 2.45. The number of benzene rings is 9. The molecule has 0 aliphatic heterocycles. The predicted molar refractivity (Wildman–Crippen MR) is 237 cm³/mol. The van der Waals surface area contributed by atoms with Crippen molar-refractivity contribution in [3.05, 3.63) is 231 Å². The second-order valence-electron chi connectivity index (χ2n) is 14.1. The van der Waals surface area contributed by atoms with Gasteiger partial charge in [0.05, 0.1) is 28.1 Å². The molecule has 0 aliphatic rings. The second kappa shape index (κ2) is 14.4. The first kappa shape index (κ1) is 33.2. The lowest BCUT2D eigenvalue weighted by Crippen LogP contribution is -2.14. The average molecular weight is 715 g/mol. The molecule has 0 bridgehead atoms. The second-order valence-corrected chi connectivity index (χ2v) is 14.1. The first-order chi connectivity index (χ1) is 27.8. The molecule has 2 heteroatoms. The molecular formula is C54H38N2. The Morgan fingerprint density at radius 3 is 1.30 bits per heavy atom. The van der Waals surface area contributed by atoms with Crippen molar-refractivity contribution < 1.29 is 0 Å². The summed E-state index contributed by atoms with van der Waals surface area (Å²) in [5.41, 5.74) is 16.2. The Morgan fingerprint density at radius 1 is 0.268 bits per heavy atom. The molecule has 0 fully saturated rings. The van der Waals surface area contributed by atoms with Crippen LogP contribution >= 0.6 is 0 Å². The van der Waals surface area contributed by atoms with Crippen molar-refractivity contribution in [3.8, 4) is 50.2 Å². The number of aromatic nitrogens is 1. The van der Waals surface area contributed by atoms with Gasteiger partial charge in [-0.2, -0.15) is 0 Å². The highest BCUT2D eigenvalue weighted by atomic mass is 15.2. The Balaban J connectivity index is 1.22. The Kier molecular flexibility index (Phi) is 8.55. The number of fused-ring (bicyclic) bond motifs is 3. The summed E-state index contributed by atoms with van der Waals surface area (Å²) in [5.74, 6) is 0. The van der Waals surface area contributed by atoms with Crippen molar-refractivity contribution in [2.45, 2.75) is 0 Å². The lowest BCUT2D eigenvalue weighted by Gasteiger charge is -2.31. The minimum Gasteiger partial charge on any atom is -0.308 e. The highest BCUT2D eigenvalue weighted by molar-refractivity contribution is 6.10. The summed E-state index contributed by atoms with van der Waals surface area (Å²) >= 11 is 0. The monoisotopic (exact) mass is 714 g/mol. The van der Waals surface area contributed by atoms with Gasteiger partial charge in [-0.15, -0.1) is 0 Å². The quantitative estimate of drug-likeness (QED) is 0.152. The molecule has 1 heterocycles. The smallest absolute Gasteiger partial charge is 0.0702 e. The number of anilines is 3. The van der Waals surface area contributed by atoms with Gasteiger partial charge in [0.2, 0.25) is 0 Å². The normalized spacial score (nSPS) is 11.2. The van der Waals surface area contributed by atoms with Gasteiger partial charge in [-0.25, -0.2) is 0 Å². The number of hydrogen-bond donors (Lipinski definition) is 0. The van der Waals surface area contributed by atoms with Crippen molar-refractivity contribution in [1.29, 1.82) is 0 Å². The molecule has 0 aliphatic carbocycles. The van der Waals surface area contributed by atoms with Gasteiger partial charge >= 0.3 is 0 Å². The summed E-state index contributed by atoms with van der Waals surface area (Å²) < 4.78 is 2.43. The van der Waals surface area contributed by atoms with Crippen molar-refractivity contribution in [3.63, 3.8) is 0 Å². The van der Waals surface area contributed by atoms with Crippen molar-refractivity contribution in [2.75, 3.05) is 4.90 Å². The van der Waals surface area contributed by atoms with E-state index < -0.39 is 0 Å². The van der Waals surface area contributed by atoms with Gasteiger partial charge in [0, 0.05) is 22.0 Å². The number of hydrogen-bond acceptors (Lipinski definition) is 1. The van der Waals surface area contributed by atoms with E-state index in [1.807, 2.05) is 0 Å². The van der Waals surface area contributed by atoms with E-state index in [9.17, 15) is 0 Å². The van der Waals surface area contributed by atoms with E-state index in [-0.39, 0.29) is 0 Å². The van der Waals surface area contributed by atoms with E-state index in [0.717, 1.165) is 28.3 Å². The van der Waals surface area contributed by atoms with Crippen LogP contribution in [0, 0.1) is 0 Å². The molecule has 0 spiro atoms. The van der Waals surface area contributed by atoms with Gasteiger partial charge in [-0.3, -0.25) is 0 Å².